The van der Waals surface area contributed by atoms with Gasteiger partial charge in [0.2, 0.25) is 0 Å². The van der Waals surface area contributed by atoms with Crippen LogP contribution in [-0.4, -0.2) is 22.0 Å². The van der Waals surface area contributed by atoms with Gasteiger partial charge in [-0.1, -0.05) is 35.5 Å². The van der Waals surface area contributed by atoms with Gasteiger partial charge in [0.15, 0.2) is 5.71 Å². The Morgan fingerprint density at radius 3 is 2.26 bits per heavy atom. The summed E-state index contributed by atoms with van der Waals surface area (Å²) in [5.41, 5.74) is -0.257. The van der Waals surface area contributed by atoms with E-state index in [0.29, 0.717) is 11.5 Å². The molecule has 19 heavy (non-hydrogen) atoms. The fourth-order valence-electron chi connectivity index (χ4n) is 1.58. The molecule has 2 rings (SSSR count). The minimum absolute atomic E-state index is 0.210. The normalized spacial score (nSPS) is 11.1. The van der Waals surface area contributed by atoms with Gasteiger partial charge in [-0.05, 0) is 24.3 Å². The van der Waals surface area contributed by atoms with Crippen molar-refractivity contribution in [3.63, 3.8) is 0 Å². The van der Waals surface area contributed by atoms with Gasteiger partial charge in [-0.2, -0.15) is 0 Å². The molecule has 0 saturated heterocycles. The second-order valence-electron chi connectivity index (χ2n) is 3.67. The number of aliphatic carboxylic acids is 1. The maximum absolute atomic E-state index is 11.0. The first kappa shape index (κ1) is 12.6. The number of carboxylic acid groups (broad SMARTS) is 1. The van der Waals surface area contributed by atoms with Crippen LogP contribution in [0.1, 0.15) is 5.56 Å². The molecule has 0 radical (unpaired) electrons. The fourth-order valence-corrected chi connectivity index (χ4v) is 1.58. The molecule has 0 aliphatic rings. The predicted molar refractivity (Wildman–Crippen MR) is 68.9 cm³/mol. The van der Waals surface area contributed by atoms with Gasteiger partial charge in [-0.3, -0.25) is 0 Å². The number of para-hydroxylation sites is 2. The fraction of sp³-hybridized carbons (Fsp3) is 0. The summed E-state index contributed by atoms with van der Waals surface area (Å²) in [4.78, 5) is 11.0. The summed E-state index contributed by atoms with van der Waals surface area (Å²) >= 11 is 0. The molecule has 2 aromatic rings. The molecule has 0 atom stereocenters. The van der Waals surface area contributed by atoms with Crippen molar-refractivity contribution >= 4 is 11.7 Å². The highest BCUT2D eigenvalue weighted by Crippen LogP contribution is 2.25. The Kier molecular flexibility index (Phi) is 3.78. The third-order valence-electron chi connectivity index (χ3n) is 2.42. The van der Waals surface area contributed by atoms with E-state index in [1.165, 1.54) is 6.07 Å². The van der Waals surface area contributed by atoms with Crippen molar-refractivity contribution in [2.75, 3.05) is 0 Å². The van der Waals surface area contributed by atoms with Crippen LogP contribution in [0, 0.1) is 0 Å². The number of ether oxygens (including phenoxy) is 1. The number of benzene rings is 2. The molecule has 0 amide bonds. The zero-order chi connectivity index (χ0) is 13.7. The van der Waals surface area contributed by atoms with Crippen molar-refractivity contribution in [2.45, 2.75) is 0 Å². The molecule has 0 saturated carbocycles. The van der Waals surface area contributed by atoms with Crippen LogP contribution in [0.15, 0.2) is 59.8 Å². The summed E-state index contributed by atoms with van der Waals surface area (Å²) in [6.07, 6.45) is 0. The Morgan fingerprint density at radius 1 is 1.00 bits per heavy atom. The lowest BCUT2D eigenvalue weighted by Gasteiger charge is -2.10. The van der Waals surface area contributed by atoms with Crippen molar-refractivity contribution in [1.29, 1.82) is 0 Å². The van der Waals surface area contributed by atoms with E-state index < -0.39 is 11.7 Å². The number of hydrogen-bond acceptors (Lipinski definition) is 4. The maximum atomic E-state index is 11.0. The van der Waals surface area contributed by atoms with Crippen molar-refractivity contribution in [3.05, 3.63) is 60.2 Å². The highest BCUT2D eigenvalue weighted by Gasteiger charge is 2.18. The van der Waals surface area contributed by atoms with Gasteiger partial charge in [0, 0.05) is 0 Å². The molecule has 5 heteroatoms. The third kappa shape index (κ3) is 2.90. The van der Waals surface area contributed by atoms with Crippen LogP contribution in [0.2, 0.25) is 0 Å². The van der Waals surface area contributed by atoms with Gasteiger partial charge in [-0.15, -0.1) is 0 Å². The van der Waals surface area contributed by atoms with E-state index in [1.54, 1.807) is 42.5 Å². The Morgan fingerprint density at radius 2 is 1.63 bits per heavy atom. The lowest BCUT2D eigenvalue weighted by atomic mass is 10.1. The lowest BCUT2D eigenvalue weighted by molar-refractivity contribution is -0.129. The largest absolute Gasteiger partial charge is 0.476 e. The van der Waals surface area contributed by atoms with Crippen LogP contribution in [0.3, 0.4) is 0 Å². The predicted octanol–water partition coefficient (Wildman–Crippen LogP) is 2.74. The average molecular weight is 257 g/mol. The third-order valence-corrected chi connectivity index (χ3v) is 2.42. The molecule has 0 aliphatic carbocycles. The molecule has 0 fully saturated rings. The summed E-state index contributed by atoms with van der Waals surface area (Å²) in [5.74, 6) is -0.451. The molecular weight excluding hydrogens is 246 g/mol. The lowest BCUT2D eigenvalue weighted by Crippen LogP contribution is -2.15. The first-order valence-corrected chi connectivity index (χ1v) is 5.50. The smallest absolute Gasteiger partial charge is 0.358 e. The highest BCUT2D eigenvalue weighted by atomic mass is 16.5. The molecule has 0 spiro atoms. The molecule has 5 nitrogen and oxygen atoms in total. The van der Waals surface area contributed by atoms with Crippen molar-refractivity contribution in [3.8, 4) is 11.5 Å². The molecule has 2 aromatic carbocycles. The molecular formula is C14H11NO4. The number of carboxylic acids is 1. The van der Waals surface area contributed by atoms with Gasteiger partial charge < -0.3 is 15.1 Å². The topological polar surface area (TPSA) is 79.1 Å². The SMILES string of the molecule is O=C(O)/C(=N\O)c1ccccc1Oc1ccccc1. The minimum atomic E-state index is -1.33. The van der Waals surface area contributed by atoms with Crippen LogP contribution in [0.4, 0.5) is 0 Å². The van der Waals surface area contributed by atoms with Gasteiger partial charge >= 0.3 is 5.97 Å². The van der Waals surface area contributed by atoms with Crippen LogP contribution < -0.4 is 4.74 Å². The van der Waals surface area contributed by atoms with E-state index in [1.807, 2.05) is 6.07 Å². The maximum Gasteiger partial charge on any atom is 0.358 e. The van der Waals surface area contributed by atoms with E-state index in [4.69, 9.17) is 15.1 Å². The number of rotatable bonds is 4. The zero-order valence-corrected chi connectivity index (χ0v) is 9.85. The highest BCUT2D eigenvalue weighted by molar-refractivity contribution is 6.43. The number of oxime groups is 1. The Bertz CT molecular complexity index is 608. The average Bonchev–Trinajstić information content (AvgIpc) is 2.42. The first-order chi connectivity index (χ1) is 9.22. The van der Waals surface area contributed by atoms with E-state index in [0.717, 1.165) is 0 Å². The van der Waals surface area contributed by atoms with Crippen molar-refractivity contribution in [1.82, 2.24) is 0 Å². The molecule has 0 aromatic heterocycles. The molecule has 0 unspecified atom stereocenters. The number of hydrogen-bond donors (Lipinski definition) is 2. The summed E-state index contributed by atoms with van der Waals surface area (Å²) < 4.78 is 5.59. The minimum Gasteiger partial charge on any atom is -0.476 e. The summed E-state index contributed by atoms with van der Waals surface area (Å²) in [6.45, 7) is 0. The van der Waals surface area contributed by atoms with E-state index >= 15 is 0 Å². The second-order valence-corrected chi connectivity index (χ2v) is 3.67. The van der Waals surface area contributed by atoms with Gasteiger partial charge in [0.25, 0.3) is 0 Å². The van der Waals surface area contributed by atoms with Crippen LogP contribution in [-0.2, 0) is 4.79 Å². The summed E-state index contributed by atoms with van der Waals surface area (Å²) in [6, 6.07) is 15.4. The number of carbonyl (C=O) groups is 1. The van der Waals surface area contributed by atoms with E-state index in [9.17, 15) is 4.79 Å². The monoisotopic (exact) mass is 257 g/mol. The number of nitrogens with zero attached hydrogens (tertiary/aromatic N) is 1. The quantitative estimate of drug-likeness (QED) is 0.501. The van der Waals surface area contributed by atoms with Gasteiger partial charge in [0.05, 0.1) is 5.56 Å². The Balaban J connectivity index is 2.39. The second kappa shape index (κ2) is 5.68. The standard InChI is InChI=1S/C14H11NO4/c16-14(17)13(15-18)11-8-4-5-9-12(11)19-10-6-2-1-3-7-10/h1-9,18H,(H,16,17)/b15-13-. The van der Waals surface area contributed by atoms with Crippen LogP contribution >= 0.6 is 0 Å². The molecule has 2 N–H and O–H groups in total. The zero-order valence-electron chi connectivity index (χ0n) is 9.85. The Labute approximate surface area is 109 Å². The van der Waals surface area contributed by atoms with Crippen molar-refractivity contribution < 1.29 is 19.8 Å². The van der Waals surface area contributed by atoms with Crippen molar-refractivity contribution in [2.24, 2.45) is 5.16 Å². The van der Waals surface area contributed by atoms with Gasteiger partial charge in [-0.25, -0.2) is 4.79 Å². The Hall–Kier alpha value is -2.82. The molecule has 96 valence electrons. The summed E-state index contributed by atoms with van der Waals surface area (Å²) in [5, 5.41) is 20.6. The van der Waals surface area contributed by atoms with Crippen LogP contribution in [0.25, 0.3) is 0 Å². The first-order valence-electron chi connectivity index (χ1n) is 5.50. The van der Waals surface area contributed by atoms with E-state index in [2.05, 4.69) is 5.16 Å². The molecule has 0 aliphatic heterocycles. The molecule has 0 bridgehead atoms. The molecule has 0 heterocycles. The summed E-state index contributed by atoms with van der Waals surface area (Å²) in [7, 11) is 0. The van der Waals surface area contributed by atoms with Gasteiger partial charge in [0.1, 0.15) is 11.5 Å². The van der Waals surface area contributed by atoms with Crippen LogP contribution in [0.5, 0.6) is 11.5 Å². The van der Waals surface area contributed by atoms with E-state index in [-0.39, 0.29) is 5.56 Å².